The van der Waals surface area contributed by atoms with Crippen LogP contribution >= 0.6 is 0 Å². The Kier molecular flexibility index (Phi) is 3.06. The van der Waals surface area contributed by atoms with Crippen molar-refractivity contribution in [1.82, 2.24) is 0 Å². The highest BCUT2D eigenvalue weighted by molar-refractivity contribution is 4.75. The number of hydrogen-bond donors (Lipinski definition) is 2. The standard InChI is InChI=1S/C8H16O4/c1-8(2,5-9)7-11-3-6(10)4-12-7/h6-7,9-10H,3-5H2,1-2H3. The second-order valence-corrected chi connectivity index (χ2v) is 3.80. The molecule has 0 saturated carbocycles. The molecule has 0 radical (unpaired) electrons. The van der Waals surface area contributed by atoms with Gasteiger partial charge in [-0.15, -0.1) is 0 Å². The molecule has 12 heavy (non-hydrogen) atoms. The van der Waals surface area contributed by atoms with Gasteiger partial charge in [0.1, 0.15) is 6.10 Å². The Morgan fingerprint density at radius 2 is 1.83 bits per heavy atom. The molecule has 1 aliphatic heterocycles. The van der Waals surface area contributed by atoms with Crippen LogP contribution in [0.1, 0.15) is 13.8 Å². The van der Waals surface area contributed by atoms with Crippen LogP contribution < -0.4 is 0 Å². The SMILES string of the molecule is CC(C)(CO)C1OCC(O)CO1. The van der Waals surface area contributed by atoms with E-state index in [0.717, 1.165) is 0 Å². The molecular weight excluding hydrogens is 160 g/mol. The number of aliphatic hydroxyl groups excluding tert-OH is 2. The maximum atomic E-state index is 9.05. The van der Waals surface area contributed by atoms with E-state index in [9.17, 15) is 0 Å². The molecule has 2 N–H and O–H groups in total. The van der Waals surface area contributed by atoms with Crippen LogP contribution in [0.4, 0.5) is 0 Å². The van der Waals surface area contributed by atoms with E-state index in [-0.39, 0.29) is 19.8 Å². The zero-order valence-corrected chi connectivity index (χ0v) is 7.49. The van der Waals surface area contributed by atoms with Crippen molar-refractivity contribution < 1.29 is 19.7 Å². The fraction of sp³-hybridized carbons (Fsp3) is 1.00. The van der Waals surface area contributed by atoms with Gasteiger partial charge in [0.25, 0.3) is 0 Å². The Morgan fingerprint density at radius 3 is 2.25 bits per heavy atom. The van der Waals surface area contributed by atoms with E-state index < -0.39 is 17.8 Å². The molecule has 0 unspecified atom stereocenters. The van der Waals surface area contributed by atoms with Crippen molar-refractivity contribution in [2.24, 2.45) is 5.41 Å². The minimum atomic E-state index is -0.532. The second kappa shape index (κ2) is 3.70. The summed E-state index contributed by atoms with van der Waals surface area (Å²) < 4.78 is 10.4. The van der Waals surface area contributed by atoms with E-state index >= 15 is 0 Å². The molecule has 0 bridgehead atoms. The van der Waals surface area contributed by atoms with E-state index in [0.29, 0.717) is 0 Å². The molecule has 0 aromatic heterocycles. The van der Waals surface area contributed by atoms with Crippen molar-refractivity contribution in [3.8, 4) is 0 Å². The third-order valence-corrected chi connectivity index (χ3v) is 1.93. The van der Waals surface area contributed by atoms with Crippen LogP contribution in [0.15, 0.2) is 0 Å². The molecule has 0 aromatic rings. The van der Waals surface area contributed by atoms with Gasteiger partial charge in [-0.25, -0.2) is 0 Å². The maximum Gasteiger partial charge on any atom is 0.165 e. The highest BCUT2D eigenvalue weighted by Crippen LogP contribution is 2.25. The number of hydrogen-bond acceptors (Lipinski definition) is 4. The normalized spacial score (nSPS) is 32.0. The molecule has 1 rings (SSSR count). The summed E-state index contributed by atoms with van der Waals surface area (Å²) in [5.41, 5.74) is -0.403. The number of ether oxygens (including phenoxy) is 2. The molecule has 1 fully saturated rings. The Hall–Kier alpha value is -0.160. The fourth-order valence-electron chi connectivity index (χ4n) is 1.02. The van der Waals surface area contributed by atoms with Gasteiger partial charge in [-0.3, -0.25) is 0 Å². The van der Waals surface area contributed by atoms with Gasteiger partial charge in [0.05, 0.1) is 19.8 Å². The lowest BCUT2D eigenvalue weighted by atomic mass is 9.93. The first-order chi connectivity index (χ1) is 5.56. The molecular formula is C8H16O4. The van der Waals surface area contributed by atoms with Crippen LogP contribution in [0.2, 0.25) is 0 Å². The zero-order valence-electron chi connectivity index (χ0n) is 7.49. The first-order valence-corrected chi connectivity index (χ1v) is 4.08. The lowest BCUT2D eigenvalue weighted by molar-refractivity contribution is -0.262. The van der Waals surface area contributed by atoms with Crippen LogP contribution in [0.25, 0.3) is 0 Å². The first-order valence-electron chi connectivity index (χ1n) is 4.08. The summed E-state index contributed by atoms with van der Waals surface area (Å²) in [4.78, 5) is 0. The predicted molar refractivity (Wildman–Crippen MR) is 42.6 cm³/mol. The molecule has 0 atom stereocenters. The topological polar surface area (TPSA) is 58.9 Å². The number of aliphatic hydroxyl groups is 2. The van der Waals surface area contributed by atoms with Gasteiger partial charge >= 0.3 is 0 Å². The zero-order chi connectivity index (χ0) is 9.19. The molecule has 1 heterocycles. The van der Waals surface area contributed by atoms with E-state index in [2.05, 4.69) is 0 Å². The average Bonchev–Trinajstić information content (AvgIpc) is 2.05. The Balaban J connectivity index is 2.44. The largest absolute Gasteiger partial charge is 0.396 e. The molecule has 0 aromatic carbocycles. The quantitative estimate of drug-likeness (QED) is 0.608. The van der Waals surface area contributed by atoms with E-state index in [1.54, 1.807) is 0 Å². The molecule has 1 saturated heterocycles. The van der Waals surface area contributed by atoms with Crippen molar-refractivity contribution in [1.29, 1.82) is 0 Å². The minimum Gasteiger partial charge on any atom is -0.396 e. The van der Waals surface area contributed by atoms with Crippen LogP contribution in [0.5, 0.6) is 0 Å². The molecule has 4 heteroatoms. The van der Waals surface area contributed by atoms with Gasteiger partial charge in [-0.05, 0) is 0 Å². The van der Waals surface area contributed by atoms with Gasteiger partial charge in [0, 0.05) is 5.41 Å². The van der Waals surface area contributed by atoms with Crippen molar-refractivity contribution in [3.63, 3.8) is 0 Å². The van der Waals surface area contributed by atoms with Crippen LogP contribution in [-0.2, 0) is 9.47 Å². The second-order valence-electron chi connectivity index (χ2n) is 3.80. The third kappa shape index (κ3) is 2.17. The minimum absolute atomic E-state index is 0.00770. The predicted octanol–water partition coefficient (Wildman–Crippen LogP) is -0.261. The smallest absolute Gasteiger partial charge is 0.165 e. The van der Waals surface area contributed by atoms with Crippen molar-refractivity contribution in [2.45, 2.75) is 26.2 Å². The van der Waals surface area contributed by atoms with Gasteiger partial charge < -0.3 is 19.7 Å². The highest BCUT2D eigenvalue weighted by atomic mass is 16.7. The van der Waals surface area contributed by atoms with E-state index in [1.165, 1.54) is 0 Å². The monoisotopic (exact) mass is 176 g/mol. The Labute approximate surface area is 72.1 Å². The number of rotatable bonds is 2. The lowest BCUT2D eigenvalue weighted by Crippen LogP contribution is -2.45. The van der Waals surface area contributed by atoms with E-state index in [4.69, 9.17) is 19.7 Å². The molecule has 0 spiro atoms. The van der Waals surface area contributed by atoms with Crippen molar-refractivity contribution in [3.05, 3.63) is 0 Å². The summed E-state index contributed by atoms with van der Waals surface area (Å²) >= 11 is 0. The summed E-state index contributed by atoms with van der Waals surface area (Å²) in [7, 11) is 0. The summed E-state index contributed by atoms with van der Waals surface area (Å²) in [6, 6.07) is 0. The van der Waals surface area contributed by atoms with E-state index in [1.807, 2.05) is 13.8 Å². The summed E-state index contributed by atoms with van der Waals surface area (Å²) in [5, 5.41) is 18.0. The van der Waals surface area contributed by atoms with Crippen molar-refractivity contribution in [2.75, 3.05) is 19.8 Å². The molecule has 0 amide bonds. The fourth-order valence-corrected chi connectivity index (χ4v) is 1.02. The van der Waals surface area contributed by atoms with Gasteiger partial charge in [-0.2, -0.15) is 0 Å². The van der Waals surface area contributed by atoms with Crippen LogP contribution in [0.3, 0.4) is 0 Å². The van der Waals surface area contributed by atoms with Crippen molar-refractivity contribution >= 4 is 0 Å². The molecule has 4 nitrogen and oxygen atoms in total. The maximum absolute atomic E-state index is 9.05. The third-order valence-electron chi connectivity index (χ3n) is 1.93. The summed E-state index contributed by atoms with van der Waals surface area (Å²) in [5.74, 6) is 0. The molecule has 72 valence electrons. The average molecular weight is 176 g/mol. The first kappa shape index (κ1) is 9.92. The Bertz CT molecular complexity index is 138. The van der Waals surface area contributed by atoms with Gasteiger partial charge in [0.2, 0.25) is 0 Å². The molecule has 1 aliphatic rings. The van der Waals surface area contributed by atoms with Gasteiger partial charge in [-0.1, -0.05) is 13.8 Å². The summed E-state index contributed by atoms with van der Waals surface area (Å²) in [6.45, 7) is 4.29. The van der Waals surface area contributed by atoms with Crippen LogP contribution in [0, 0.1) is 5.41 Å². The summed E-state index contributed by atoms with van der Waals surface area (Å²) in [6.07, 6.45) is -0.943. The molecule has 0 aliphatic carbocycles. The van der Waals surface area contributed by atoms with Crippen LogP contribution in [-0.4, -0.2) is 42.4 Å². The highest BCUT2D eigenvalue weighted by Gasteiger charge is 2.34. The Morgan fingerprint density at radius 1 is 1.33 bits per heavy atom. The van der Waals surface area contributed by atoms with Gasteiger partial charge in [0.15, 0.2) is 6.29 Å². The lowest BCUT2D eigenvalue weighted by Gasteiger charge is -2.36.